The van der Waals surface area contributed by atoms with E-state index in [9.17, 15) is 0 Å². The fraction of sp³-hybridized carbons (Fsp3) is 0.0909. The third-order valence-electron chi connectivity index (χ3n) is 2.17. The molecule has 0 bridgehead atoms. The van der Waals surface area contributed by atoms with Crippen molar-refractivity contribution in [1.29, 1.82) is 0 Å². The molecule has 3 N–H and O–H groups in total. The van der Waals surface area contributed by atoms with Gasteiger partial charge in [0.1, 0.15) is 0 Å². The standard InChI is InChI=1S/C11H12N4OS/c1-15-7-10(6-13-15)17-9-4-2-8(3-5-9)11(12)14-16/h2-7,16H,1H3,(H2,12,14). The number of nitrogens with zero attached hydrogens (tertiary/aromatic N) is 3. The summed E-state index contributed by atoms with van der Waals surface area (Å²) in [7, 11) is 1.88. The number of hydrogen-bond acceptors (Lipinski definition) is 4. The lowest BCUT2D eigenvalue weighted by Gasteiger charge is -2.01. The van der Waals surface area contributed by atoms with Crippen LogP contribution in [0.3, 0.4) is 0 Å². The van der Waals surface area contributed by atoms with Crippen LogP contribution in [-0.4, -0.2) is 20.8 Å². The Hall–Kier alpha value is -1.95. The Morgan fingerprint density at radius 1 is 1.35 bits per heavy atom. The van der Waals surface area contributed by atoms with Crippen molar-refractivity contribution in [3.8, 4) is 0 Å². The van der Waals surface area contributed by atoms with Crippen molar-refractivity contribution in [2.75, 3.05) is 0 Å². The summed E-state index contributed by atoms with van der Waals surface area (Å²) in [6.45, 7) is 0. The molecule has 6 heteroatoms. The molecule has 0 spiro atoms. The Kier molecular flexibility index (Phi) is 3.34. The fourth-order valence-electron chi connectivity index (χ4n) is 1.34. The molecular formula is C11H12N4OS. The average molecular weight is 248 g/mol. The summed E-state index contributed by atoms with van der Waals surface area (Å²) in [6, 6.07) is 7.47. The molecule has 0 saturated carbocycles. The number of oxime groups is 1. The maximum absolute atomic E-state index is 8.54. The second-order valence-corrected chi connectivity index (χ2v) is 4.61. The van der Waals surface area contributed by atoms with Crippen LogP contribution in [0.25, 0.3) is 0 Å². The number of amidine groups is 1. The molecule has 2 rings (SSSR count). The lowest BCUT2D eigenvalue weighted by Crippen LogP contribution is -2.12. The highest BCUT2D eigenvalue weighted by Crippen LogP contribution is 2.26. The zero-order chi connectivity index (χ0) is 12.3. The number of aryl methyl sites for hydroxylation is 1. The molecule has 0 aliphatic rings. The Labute approximate surface area is 103 Å². The van der Waals surface area contributed by atoms with Crippen LogP contribution in [0.15, 0.2) is 51.6 Å². The summed E-state index contributed by atoms with van der Waals surface area (Å²) < 4.78 is 1.76. The van der Waals surface area contributed by atoms with Crippen molar-refractivity contribution in [1.82, 2.24) is 9.78 Å². The van der Waals surface area contributed by atoms with E-state index >= 15 is 0 Å². The molecule has 0 aliphatic carbocycles. The minimum atomic E-state index is 0.114. The van der Waals surface area contributed by atoms with Gasteiger partial charge in [0.15, 0.2) is 5.84 Å². The molecule has 0 amide bonds. The molecule has 0 radical (unpaired) electrons. The van der Waals surface area contributed by atoms with Crippen LogP contribution in [0.5, 0.6) is 0 Å². The molecular weight excluding hydrogens is 236 g/mol. The first-order valence-electron chi connectivity index (χ1n) is 4.93. The van der Waals surface area contributed by atoms with Crippen molar-refractivity contribution >= 4 is 17.6 Å². The second-order valence-electron chi connectivity index (χ2n) is 3.46. The lowest BCUT2D eigenvalue weighted by atomic mass is 10.2. The van der Waals surface area contributed by atoms with E-state index in [2.05, 4.69) is 10.3 Å². The average Bonchev–Trinajstić information content (AvgIpc) is 2.75. The Balaban J connectivity index is 2.13. The summed E-state index contributed by atoms with van der Waals surface area (Å²) in [6.07, 6.45) is 3.75. The smallest absolute Gasteiger partial charge is 0.170 e. The van der Waals surface area contributed by atoms with Gasteiger partial charge in [0, 0.05) is 23.7 Å². The third kappa shape index (κ3) is 2.79. The van der Waals surface area contributed by atoms with Crippen LogP contribution in [-0.2, 0) is 7.05 Å². The number of aromatic nitrogens is 2. The van der Waals surface area contributed by atoms with Gasteiger partial charge in [-0.1, -0.05) is 29.1 Å². The number of rotatable bonds is 3. The minimum absolute atomic E-state index is 0.114. The second kappa shape index (κ2) is 4.92. The zero-order valence-corrected chi connectivity index (χ0v) is 10.1. The Bertz CT molecular complexity index is 533. The van der Waals surface area contributed by atoms with E-state index in [1.165, 1.54) is 0 Å². The van der Waals surface area contributed by atoms with E-state index < -0.39 is 0 Å². The van der Waals surface area contributed by atoms with Gasteiger partial charge in [-0.05, 0) is 12.1 Å². The van der Waals surface area contributed by atoms with Crippen molar-refractivity contribution in [3.05, 3.63) is 42.2 Å². The summed E-state index contributed by atoms with van der Waals surface area (Å²) in [5.41, 5.74) is 6.18. The third-order valence-corrected chi connectivity index (χ3v) is 3.13. The molecule has 1 heterocycles. The summed E-state index contributed by atoms with van der Waals surface area (Å²) in [5.74, 6) is 0.114. The Morgan fingerprint density at radius 3 is 2.59 bits per heavy atom. The fourth-order valence-corrected chi connectivity index (χ4v) is 2.19. The van der Waals surface area contributed by atoms with E-state index in [1.807, 2.05) is 43.7 Å². The zero-order valence-electron chi connectivity index (χ0n) is 9.24. The summed E-state index contributed by atoms with van der Waals surface area (Å²) in [4.78, 5) is 2.15. The van der Waals surface area contributed by atoms with Crippen molar-refractivity contribution in [3.63, 3.8) is 0 Å². The van der Waals surface area contributed by atoms with Crippen molar-refractivity contribution in [2.24, 2.45) is 17.9 Å². The van der Waals surface area contributed by atoms with E-state index in [-0.39, 0.29) is 5.84 Å². The lowest BCUT2D eigenvalue weighted by molar-refractivity contribution is 0.318. The molecule has 0 atom stereocenters. The highest BCUT2D eigenvalue weighted by Gasteiger charge is 2.02. The van der Waals surface area contributed by atoms with Gasteiger partial charge in [0.2, 0.25) is 0 Å². The largest absolute Gasteiger partial charge is 0.409 e. The van der Waals surface area contributed by atoms with Gasteiger partial charge in [-0.25, -0.2) is 0 Å². The van der Waals surface area contributed by atoms with E-state index in [0.717, 1.165) is 9.79 Å². The maximum Gasteiger partial charge on any atom is 0.170 e. The Morgan fingerprint density at radius 2 is 2.06 bits per heavy atom. The van der Waals surface area contributed by atoms with Crippen LogP contribution >= 0.6 is 11.8 Å². The number of benzene rings is 1. The van der Waals surface area contributed by atoms with Crippen LogP contribution in [0.4, 0.5) is 0 Å². The highest BCUT2D eigenvalue weighted by atomic mass is 32.2. The predicted octanol–water partition coefficient (Wildman–Crippen LogP) is 1.67. The van der Waals surface area contributed by atoms with Gasteiger partial charge in [-0.3, -0.25) is 4.68 Å². The molecule has 2 aromatic rings. The summed E-state index contributed by atoms with van der Waals surface area (Å²) >= 11 is 1.61. The van der Waals surface area contributed by atoms with Crippen molar-refractivity contribution < 1.29 is 5.21 Å². The normalized spacial score (nSPS) is 11.7. The number of nitrogens with two attached hydrogens (primary N) is 1. The van der Waals surface area contributed by atoms with E-state index in [0.29, 0.717) is 5.56 Å². The van der Waals surface area contributed by atoms with Gasteiger partial charge < -0.3 is 10.9 Å². The monoisotopic (exact) mass is 248 g/mol. The topological polar surface area (TPSA) is 76.4 Å². The predicted molar refractivity (Wildman–Crippen MR) is 66.3 cm³/mol. The molecule has 0 saturated heterocycles. The van der Waals surface area contributed by atoms with E-state index in [1.54, 1.807) is 16.4 Å². The molecule has 0 aliphatic heterocycles. The first-order chi connectivity index (χ1) is 8.19. The van der Waals surface area contributed by atoms with Crippen LogP contribution in [0.2, 0.25) is 0 Å². The van der Waals surface area contributed by atoms with Gasteiger partial charge in [0.05, 0.1) is 11.1 Å². The van der Waals surface area contributed by atoms with Gasteiger partial charge >= 0.3 is 0 Å². The van der Waals surface area contributed by atoms with Crippen LogP contribution in [0, 0.1) is 0 Å². The molecule has 1 aromatic heterocycles. The first kappa shape index (κ1) is 11.5. The summed E-state index contributed by atoms with van der Waals surface area (Å²) in [5, 5.41) is 15.6. The minimum Gasteiger partial charge on any atom is -0.409 e. The van der Waals surface area contributed by atoms with Gasteiger partial charge in [0.25, 0.3) is 0 Å². The molecule has 5 nitrogen and oxygen atoms in total. The highest BCUT2D eigenvalue weighted by molar-refractivity contribution is 7.99. The SMILES string of the molecule is Cn1cc(Sc2ccc(/C(N)=N/O)cc2)cn1. The van der Waals surface area contributed by atoms with Crippen molar-refractivity contribution in [2.45, 2.75) is 9.79 Å². The van der Waals surface area contributed by atoms with Crippen LogP contribution < -0.4 is 5.73 Å². The first-order valence-corrected chi connectivity index (χ1v) is 5.75. The van der Waals surface area contributed by atoms with Gasteiger partial charge in [-0.15, -0.1) is 0 Å². The molecule has 0 fully saturated rings. The van der Waals surface area contributed by atoms with Crippen LogP contribution in [0.1, 0.15) is 5.56 Å². The van der Waals surface area contributed by atoms with E-state index in [4.69, 9.17) is 10.9 Å². The molecule has 88 valence electrons. The molecule has 1 aromatic carbocycles. The quantitative estimate of drug-likeness (QED) is 0.375. The molecule has 17 heavy (non-hydrogen) atoms. The number of hydrogen-bond donors (Lipinski definition) is 2. The van der Waals surface area contributed by atoms with Gasteiger partial charge in [-0.2, -0.15) is 5.10 Å². The maximum atomic E-state index is 8.54. The molecule has 0 unspecified atom stereocenters.